The Labute approximate surface area is 94.1 Å². The summed E-state index contributed by atoms with van der Waals surface area (Å²) in [6.07, 6.45) is 0.876. The third-order valence-electron chi connectivity index (χ3n) is 2.72. The van der Waals surface area contributed by atoms with Gasteiger partial charge in [0.05, 0.1) is 12.6 Å². The minimum Gasteiger partial charge on any atom is -0.494 e. The molecular formula is C13H14FNO. The predicted molar refractivity (Wildman–Crippen MR) is 62.4 cm³/mol. The van der Waals surface area contributed by atoms with Crippen LogP contribution in [0.4, 0.5) is 4.39 Å². The maximum Gasteiger partial charge on any atom is 0.165 e. The summed E-state index contributed by atoms with van der Waals surface area (Å²) in [6, 6.07) is 5.07. The second kappa shape index (κ2) is 4.08. The number of aryl methyl sites for hydroxylation is 2. The van der Waals surface area contributed by atoms with E-state index in [0.29, 0.717) is 0 Å². The van der Waals surface area contributed by atoms with Gasteiger partial charge in [-0.25, -0.2) is 4.39 Å². The molecule has 2 nitrogen and oxygen atoms in total. The first kappa shape index (κ1) is 10.9. The van der Waals surface area contributed by atoms with Crippen LogP contribution in [0.15, 0.2) is 18.2 Å². The molecule has 2 aromatic rings. The second-order valence-electron chi connectivity index (χ2n) is 3.78. The summed E-state index contributed by atoms with van der Waals surface area (Å²) >= 11 is 0. The summed E-state index contributed by atoms with van der Waals surface area (Å²) in [6.45, 7) is 4.05. The molecule has 0 saturated carbocycles. The van der Waals surface area contributed by atoms with Crippen molar-refractivity contribution in [2.75, 3.05) is 7.11 Å². The highest BCUT2D eigenvalue weighted by atomic mass is 19.1. The van der Waals surface area contributed by atoms with Gasteiger partial charge in [-0.1, -0.05) is 6.92 Å². The van der Waals surface area contributed by atoms with E-state index in [-0.39, 0.29) is 11.6 Å². The van der Waals surface area contributed by atoms with Gasteiger partial charge in [0.15, 0.2) is 11.6 Å². The average Bonchev–Trinajstić information content (AvgIpc) is 2.27. The molecule has 16 heavy (non-hydrogen) atoms. The van der Waals surface area contributed by atoms with E-state index in [4.69, 9.17) is 4.74 Å². The first-order valence-electron chi connectivity index (χ1n) is 5.29. The number of fused-ring (bicyclic) bond motifs is 1. The Bertz CT molecular complexity index is 492. The lowest BCUT2D eigenvalue weighted by molar-refractivity contribution is 0.387. The Morgan fingerprint density at radius 3 is 2.69 bits per heavy atom. The molecule has 0 aliphatic carbocycles. The molecule has 1 aromatic heterocycles. The number of halogens is 1. The number of ether oxygens (including phenoxy) is 1. The van der Waals surface area contributed by atoms with Crippen molar-refractivity contribution >= 4 is 10.9 Å². The van der Waals surface area contributed by atoms with Crippen LogP contribution >= 0.6 is 0 Å². The van der Waals surface area contributed by atoms with Crippen molar-refractivity contribution in [1.82, 2.24) is 4.98 Å². The SMILES string of the molecule is CCc1nc2cc(OC)c(F)cc2cc1C. The number of aromatic nitrogens is 1. The molecule has 0 atom stereocenters. The maximum atomic E-state index is 13.5. The lowest BCUT2D eigenvalue weighted by Gasteiger charge is -2.07. The van der Waals surface area contributed by atoms with Gasteiger partial charge in [0.25, 0.3) is 0 Å². The molecule has 1 heterocycles. The topological polar surface area (TPSA) is 22.1 Å². The van der Waals surface area contributed by atoms with E-state index in [1.165, 1.54) is 13.2 Å². The lowest BCUT2D eigenvalue weighted by atomic mass is 10.1. The first-order chi connectivity index (χ1) is 7.65. The summed E-state index contributed by atoms with van der Waals surface area (Å²) in [5.41, 5.74) is 2.92. The van der Waals surface area contributed by atoms with Crippen molar-refractivity contribution in [2.45, 2.75) is 20.3 Å². The van der Waals surface area contributed by atoms with Crippen molar-refractivity contribution < 1.29 is 9.13 Å². The monoisotopic (exact) mass is 219 g/mol. The zero-order valence-corrected chi connectivity index (χ0v) is 9.67. The molecule has 0 spiro atoms. The molecule has 0 saturated heterocycles. The quantitative estimate of drug-likeness (QED) is 0.773. The van der Waals surface area contributed by atoms with E-state index in [1.54, 1.807) is 6.07 Å². The zero-order valence-electron chi connectivity index (χ0n) is 9.67. The summed E-state index contributed by atoms with van der Waals surface area (Å²) < 4.78 is 18.4. The molecule has 0 amide bonds. The van der Waals surface area contributed by atoms with Crippen LogP contribution in [0.2, 0.25) is 0 Å². The van der Waals surface area contributed by atoms with Crippen LogP contribution in [0.25, 0.3) is 10.9 Å². The smallest absolute Gasteiger partial charge is 0.165 e. The van der Waals surface area contributed by atoms with Gasteiger partial charge in [0.2, 0.25) is 0 Å². The summed E-state index contributed by atoms with van der Waals surface area (Å²) in [5.74, 6) is -0.105. The van der Waals surface area contributed by atoms with Gasteiger partial charge in [-0.2, -0.15) is 0 Å². The van der Waals surface area contributed by atoms with Gasteiger partial charge in [0.1, 0.15) is 0 Å². The highest BCUT2D eigenvalue weighted by Gasteiger charge is 2.07. The van der Waals surface area contributed by atoms with E-state index in [2.05, 4.69) is 11.9 Å². The van der Waals surface area contributed by atoms with Gasteiger partial charge in [-0.05, 0) is 31.0 Å². The number of benzene rings is 1. The van der Waals surface area contributed by atoms with Crippen LogP contribution in [0.3, 0.4) is 0 Å². The molecule has 1 aromatic carbocycles. The number of hydrogen-bond donors (Lipinski definition) is 0. The molecule has 0 fully saturated rings. The number of nitrogens with zero attached hydrogens (tertiary/aromatic N) is 1. The van der Waals surface area contributed by atoms with Crippen molar-refractivity contribution in [3.05, 3.63) is 35.3 Å². The van der Waals surface area contributed by atoms with Crippen molar-refractivity contribution in [1.29, 1.82) is 0 Å². The molecule has 84 valence electrons. The molecule has 0 N–H and O–H groups in total. The van der Waals surface area contributed by atoms with Crippen LogP contribution in [0.1, 0.15) is 18.2 Å². The normalized spacial score (nSPS) is 10.8. The minimum atomic E-state index is -0.347. The molecule has 0 radical (unpaired) electrons. The number of hydrogen-bond acceptors (Lipinski definition) is 2. The Hall–Kier alpha value is -1.64. The Morgan fingerprint density at radius 1 is 1.31 bits per heavy atom. The molecule has 0 unspecified atom stereocenters. The Balaban J connectivity index is 2.71. The zero-order chi connectivity index (χ0) is 11.7. The minimum absolute atomic E-state index is 0.242. The lowest BCUT2D eigenvalue weighted by Crippen LogP contribution is -1.95. The highest BCUT2D eigenvalue weighted by Crippen LogP contribution is 2.25. The maximum absolute atomic E-state index is 13.5. The van der Waals surface area contributed by atoms with Gasteiger partial charge in [-0.15, -0.1) is 0 Å². The predicted octanol–water partition coefficient (Wildman–Crippen LogP) is 3.25. The third kappa shape index (κ3) is 1.73. The van der Waals surface area contributed by atoms with E-state index in [1.807, 2.05) is 13.0 Å². The molecular weight excluding hydrogens is 205 g/mol. The Kier molecular flexibility index (Phi) is 2.77. The Morgan fingerprint density at radius 2 is 2.06 bits per heavy atom. The molecule has 0 aliphatic rings. The molecule has 0 bridgehead atoms. The van der Waals surface area contributed by atoms with Crippen molar-refractivity contribution in [2.24, 2.45) is 0 Å². The largest absolute Gasteiger partial charge is 0.494 e. The average molecular weight is 219 g/mol. The van der Waals surface area contributed by atoms with Crippen molar-refractivity contribution in [3.8, 4) is 5.75 Å². The number of rotatable bonds is 2. The van der Waals surface area contributed by atoms with E-state index in [0.717, 1.165) is 28.6 Å². The molecule has 2 rings (SSSR count). The van der Waals surface area contributed by atoms with E-state index >= 15 is 0 Å². The fourth-order valence-corrected chi connectivity index (χ4v) is 1.83. The van der Waals surface area contributed by atoms with Crippen LogP contribution < -0.4 is 4.74 Å². The summed E-state index contributed by atoms with van der Waals surface area (Å²) in [7, 11) is 1.46. The molecule has 3 heteroatoms. The van der Waals surface area contributed by atoms with Gasteiger partial charge >= 0.3 is 0 Å². The van der Waals surface area contributed by atoms with Gasteiger partial charge in [0, 0.05) is 17.1 Å². The summed E-state index contributed by atoms with van der Waals surface area (Å²) in [5, 5.41) is 0.813. The van der Waals surface area contributed by atoms with Gasteiger partial charge in [-0.3, -0.25) is 4.98 Å². The fraction of sp³-hybridized carbons (Fsp3) is 0.308. The number of methoxy groups -OCH3 is 1. The highest BCUT2D eigenvalue weighted by molar-refractivity contribution is 5.81. The van der Waals surface area contributed by atoms with Crippen LogP contribution in [-0.2, 0) is 6.42 Å². The first-order valence-corrected chi connectivity index (χ1v) is 5.29. The van der Waals surface area contributed by atoms with Crippen LogP contribution in [0, 0.1) is 12.7 Å². The van der Waals surface area contributed by atoms with Crippen LogP contribution in [0.5, 0.6) is 5.75 Å². The molecule has 0 aliphatic heterocycles. The van der Waals surface area contributed by atoms with E-state index in [9.17, 15) is 4.39 Å². The van der Waals surface area contributed by atoms with Crippen molar-refractivity contribution in [3.63, 3.8) is 0 Å². The standard InChI is InChI=1S/C13H14FNO/c1-4-11-8(2)5-9-6-10(14)13(16-3)7-12(9)15-11/h5-7H,4H2,1-3H3. The van der Waals surface area contributed by atoms with Crippen LogP contribution in [-0.4, -0.2) is 12.1 Å². The number of pyridine rings is 1. The summed E-state index contributed by atoms with van der Waals surface area (Å²) in [4.78, 5) is 4.50. The van der Waals surface area contributed by atoms with E-state index < -0.39 is 0 Å². The fourth-order valence-electron chi connectivity index (χ4n) is 1.83. The third-order valence-corrected chi connectivity index (χ3v) is 2.72. The second-order valence-corrected chi connectivity index (χ2v) is 3.78. The van der Waals surface area contributed by atoms with Gasteiger partial charge < -0.3 is 4.74 Å².